The van der Waals surface area contributed by atoms with Crippen molar-refractivity contribution in [3.05, 3.63) is 50.4 Å². The van der Waals surface area contributed by atoms with Gasteiger partial charge >= 0.3 is 5.97 Å². The largest absolute Gasteiger partial charge is 0.506 e. The number of β-amino-alcohol motifs (C(OH)–C–C–N with tert-alkyl or cyclic N) is 1. The van der Waals surface area contributed by atoms with Gasteiger partial charge in [0.25, 0.3) is 5.91 Å². The first-order valence-electron chi connectivity index (χ1n) is 10.6. The van der Waals surface area contributed by atoms with Gasteiger partial charge in [-0.25, -0.2) is 0 Å². The lowest BCUT2D eigenvalue weighted by molar-refractivity contribution is -0.137. The maximum Gasteiger partial charge on any atom is 0.305 e. The maximum absolute atomic E-state index is 12.7. The van der Waals surface area contributed by atoms with Crippen molar-refractivity contribution in [2.45, 2.75) is 18.6 Å². The Bertz CT molecular complexity index is 1210. The number of amides is 2. The van der Waals surface area contributed by atoms with Crippen molar-refractivity contribution in [3.63, 3.8) is 0 Å². The number of aliphatic carboxylic acids is 1. The number of nitrogens with zero attached hydrogens (tertiary/aromatic N) is 1. The van der Waals surface area contributed by atoms with Gasteiger partial charge in [0.1, 0.15) is 5.75 Å². The second-order valence-electron chi connectivity index (χ2n) is 7.92. The number of carbonyl (C=O) groups is 3. The molecule has 36 heavy (non-hydrogen) atoms. The first-order valence-corrected chi connectivity index (χ1v) is 12.2. The second kappa shape index (κ2) is 12.1. The average molecular weight is 628 g/mol. The number of carboxylic acids is 1. The molecule has 0 radical (unpaired) electrons. The molecular formula is C22H24Br2N6O6. The minimum Gasteiger partial charge on any atom is -0.506 e. The van der Waals surface area contributed by atoms with Crippen molar-refractivity contribution in [1.82, 2.24) is 16.0 Å². The van der Waals surface area contributed by atoms with Crippen LogP contribution in [0.1, 0.15) is 28.4 Å². The molecule has 2 aromatic carbocycles. The van der Waals surface area contributed by atoms with E-state index >= 15 is 0 Å². The summed E-state index contributed by atoms with van der Waals surface area (Å²) >= 11 is 6.46. The van der Waals surface area contributed by atoms with Gasteiger partial charge in [-0.15, -0.1) is 0 Å². The Balaban J connectivity index is 1.66. The zero-order valence-electron chi connectivity index (χ0n) is 18.7. The van der Waals surface area contributed by atoms with Gasteiger partial charge in [0.05, 0.1) is 36.1 Å². The average Bonchev–Trinajstić information content (AvgIpc) is 2.80. The predicted molar refractivity (Wildman–Crippen MR) is 140 cm³/mol. The summed E-state index contributed by atoms with van der Waals surface area (Å²) in [6, 6.07) is 6.57. The van der Waals surface area contributed by atoms with Gasteiger partial charge in [0.2, 0.25) is 5.91 Å². The topological polar surface area (TPSA) is 198 Å². The van der Waals surface area contributed by atoms with E-state index in [-0.39, 0.29) is 23.4 Å². The summed E-state index contributed by atoms with van der Waals surface area (Å²) in [5.74, 6) is -2.22. The number of aliphatic hydroxyl groups is 1. The van der Waals surface area contributed by atoms with Crippen molar-refractivity contribution < 1.29 is 29.7 Å². The van der Waals surface area contributed by atoms with Crippen LogP contribution in [-0.4, -0.2) is 64.8 Å². The molecule has 0 saturated heterocycles. The van der Waals surface area contributed by atoms with E-state index in [0.29, 0.717) is 32.8 Å². The molecule has 12 nitrogen and oxygen atoms in total. The molecular weight excluding hydrogens is 604 g/mol. The fourth-order valence-electron chi connectivity index (χ4n) is 3.38. The molecule has 9 N–H and O–H groups in total. The van der Waals surface area contributed by atoms with Crippen LogP contribution >= 0.6 is 31.9 Å². The standard InChI is InChI=1S/C22H24Br2N6O6/c23-11-3-15(20(35)16(24)4-11)17(6-19(33)34)30-18(32)9-26-21(36)10-1-12(25)5-13(2-10)29-22-27-7-14(31)8-28-22/h1-5,14,17,31,35H,6-9,25H2,(H,26,36)(H,30,32)(H,33,34)(H2,27,28,29)/t17-/m0/s1. The number of nitrogen functional groups attached to an aromatic ring is 1. The molecule has 1 unspecified atom stereocenters. The number of benzene rings is 2. The number of carbonyl (C=O) groups excluding carboxylic acids is 2. The molecule has 0 fully saturated rings. The summed E-state index contributed by atoms with van der Waals surface area (Å²) < 4.78 is 0.887. The molecule has 0 bridgehead atoms. The zero-order chi connectivity index (χ0) is 26.4. The monoisotopic (exact) mass is 626 g/mol. The summed E-state index contributed by atoms with van der Waals surface area (Å²) in [7, 11) is 0. The van der Waals surface area contributed by atoms with Gasteiger partial charge in [0, 0.05) is 33.5 Å². The van der Waals surface area contributed by atoms with Gasteiger partial charge in [-0.2, -0.15) is 0 Å². The van der Waals surface area contributed by atoms with Crippen molar-refractivity contribution >= 4 is 67.0 Å². The Labute approximate surface area is 222 Å². The van der Waals surface area contributed by atoms with E-state index < -0.39 is 42.9 Å². The molecule has 2 amide bonds. The minimum atomic E-state index is -1.19. The van der Waals surface area contributed by atoms with Crippen LogP contribution in [0.25, 0.3) is 0 Å². The van der Waals surface area contributed by atoms with Crippen LogP contribution in [-0.2, 0) is 9.59 Å². The number of rotatable bonds is 8. The van der Waals surface area contributed by atoms with E-state index in [2.05, 4.69) is 58.1 Å². The van der Waals surface area contributed by atoms with Crippen molar-refractivity contribution in [2.24, 2.45) is 4.99 Å². The third-order valence-corrected chi connectivity index (χ3v) is 6.06. The van der Waals surface area contributed by atoms with Crippen LogP contribution in [0.2, 0.25) is 0 Å². The zero-order valence-corrected chi connectivity index (χ0v) is 21.9. The van der Waals surface area contributed by atoms with Crippen LogP contribution in [0.5, 0.6) is 5.75 Å². The second-order valence-corrected chi connectivity index (χ2v) is 9.69. The smallest absolute Gasteiger partial charge is 0.305 e. The summed E-state index contributed by atoms with van der Waals surface area (Å²) in [5.41, 5.74) is 7.05. The number of carboxylic acid groups (broad SMARTS) is 1. The molecule has 2 atom stereocenters. The number of hydrogen-bond donors (Lipinski definition) is 8. The van der Waals surface area contributed by atoms with Gasteiger partial charge < -0.3 is 42.3 Å². The third kappa shape index (κ3) is 7.57. The number of aliphatic imine (C=N–C) groups is 1. The Morgan fingerprint density at radius 3 is 2.61 bits per heavy atom. The molecule has 1 aliphatic heterocycles. The van der Waals surface area contributed by atoms with Crippen LogP contribution in [0, 0.1) is 0 Å². The fraction of sp³-hybridized carbons (Fsp3) is 0.273. The van der Waals surface area contributed by atoms with E-state index in [4.69, 9.17) is 5.73 Å². The van der Waals surface area contributed by atoms with E-state index in [1.165, 1.54) is 18.2 Å². The highest BCUT2D eigenvalue weighted by Gasteiger charge is 2.23. The first-order chi connectivity index (χ1) is 17.0. The summed E-state index contributed by atoms with van der Waals surface area (Å²) in [6.45, 7) is 0.111. The van der Waals surface area contributed by atoms with Crippen LogP contribution in [0.15, 0.2) is 44.3 Å². The Kier molecular flexibility index (Phi) is 9.12. The maximum atomic E-state index is 12.7. The third-order valence-electron chi connectivity index (χ3n) is 5.00. The number of anilines is 2. The van der Waals surface area contributed by atoms with Crippen LogP contribution in [0.3, 0.4) is 0 Å². The molecule has 1 aliphatic rings. The number of hydrogen-bond acceptors (Lipinski definition) is 9. The van der Waals surface area contributed by atoms with E-state index in [1.54, 1.807) is 12.1 Å². The van der Waals surface area contributed by atoms with E-state index in [1.807, 2.05) is 0 Å². The highest BCUT2D eigenvalue weighted by atomic mass is 79.9. The molecule has 0 saturated carbocycles. The number of phenolic OH excluding ortho intramolecular Hbond substituents is 1. The lowest BCUT2D eigenvalue weighted by Gasteiger charge is -2.20. The summed E-state index contributed by atoms with van der Waals surface area (Å²) in [4.78, 5) is 40.7. The van der Waals surface area contributed by atoms with Crippen molar-refractivity contribution in [3.8, 4) is 5.75 Å². The number of nitrogens with two attached hydrogens (primary N) is 1. The van der Waals surface area contributed by atoms with E-state index in [0.717, 1.165) is 0 Å². The van der Waals surface area contributed by atoms with E-state index in [9.17, 15) is 29.7 Å². The highest BCUT2D eigenvalue weighted by molar-refractivity contribution is 9.11. The number of halogens is 2. The molecule has 0 aromatic heterocycles. The van der Waals surface area contributed by atoms with Crippen molar-refractivity contribution in [1.29, 1.82) is 0 Å². The van der Waals surface area contributed by atoms with Gasteiger partial charge in [-0.3, -0.25) is 19.4 Å². The lowest BCUT2D eigenvalue weighted by atomic mass is 10.0. The molecule has 1 heterocycles. The molecule has 14 heteroatoms. The normalized spacial score (nSPS) is 15.8. The quantitative estimate of drug-likeness (QED) is 0.199. The van der Waals surface area contributed by atoms with Crippen LogP contribution in [0.4, 0.5) is 11.4 Å². The summed E-state index contributed by atoms with van der Waals surface area (Å²) in [6.07, 6.45) is -1.07. The van der Waals surface area contributed by atoms with Crippen molar-refractivity contribution in [2.75, 3.05) is 30.7 Å². The Morgan fingerprint density at radius 2 is 1.94 bits per heavy atom. The fourth-order valence-corrected chi connectivity index (χ4v) is 4.64. The van der Waals surface area contributed by atoms with Gasteiger partial charge in [-0.1, -0.05) is 15.9 Å². The number of aromatic hydroxyl groups is 1. The highest BCUT2D eigenvalue weighted by Crippen LogP contribution is 2.36. The molecule has 0 aliphatic carbocycles. The van der Waals surface area contributed by atoms with Gasteiger partial charge in [0.15, 0.2) is 5.96 Å². The number of phenols is 1. The molecule has 0 spiro atoms. The Morgan fingerprint density at radius 1 is 1.19 bits per heavy atom. The number of guanidine groups is 1. The number of nitrogens with one attached hydrogen (secondary N) is 4. The molecule has 2 aromatic rings. The summed E-state index contributed by atoms with van der Waals surface area (Å²) in [5, 5.41) is 40.0. The number of aliphatic hydroxyl groups excluding tert-OH is 1. The SMILES string of the molecule is Nc1cc(NC2=NCC(O)CN2)cc(C(=O)NCC(=O)N[C@@H](CC(=O)O)c2cc(Br)cc(Br)c2O)c1. The lowest BCUT2D eigenvalue weighted by Crippen LogP contribution is -2.42. The first kappa shape index (κ1) is 27.2. The Hall–Kier alpha value is -3.36. The van der Waals surface area contributed by atoms with Gasteiger partial charge in [-0.05, 0) is 46.3 Å². The predicted octanol–water partition coefficient (Wildman–Crippen LogP) is 1.29. The minimum absolute atomic E-state index is 0.178. The molecule has 192 valence electrons. The molecule has 3 rings (SSSR count). The van der Waals surface area contributed by atoms with Crippen LogP contribution < -0.4 is 27.0 Å².